The van der Waals surface area contributed by atoms with Crippen molar-refractivity contribution in [3.63, 3.8) is 0 Å². The minimum atomic E-state index is -4.22. The van der Waals surface area contributed by atoms with Crippen LogP contribution in [-0.2, 0) is 9.59 Å². The number of carbonyl (C=O) groups is 2. The second-order valence-electron chi connectivity index (χ2n) is 8.07. The van der Waals surface area contributed by atoms with E-state index in [2.05, 4.69) is 5.32 Å². The number of rotatable bonds is 6. The van der Waals surface area contributed by atoms with Gasteiger partial charge in [0.1, 0.15) is 11.6 Å². The van der Waals surface area contributed by atoms with Crippen molar-refractivity contribution in [1.82, 2.24) is 15.1 Å². The molecule has 2 amide bonds. The lowest BCUT2D eigenvalue weighted by Gasteiger charge is -2.35. The summed E-state index contributed by atoms with van der Waals surface area (Å²) in [6.07, 6.45) is -3.14. The summed E-state index contributed by atoms with van der Waals surface area (Å²) in [7, 11) is 0. The highest BCUT2D eigenvalue weighted by Crippen LogP contribution is 2.37. The molecule has 1 aliphatic heterocycles. The second-order valence-corrected chi connectivity index (χ2v) is 8.07. The van der Waals surface area contributed by atoms with Crippen molar-refractivity contribution >= 4 is 11.8 Å². The Balaban J connectivity index is 1.36. The van der Waals surface area contributed by atoms with Crippen LogP contribution in [-0.4, -0.2) is 73.2 Å². The summed E-state index contributed by atoms with van der Waals surface area (Å²) >= 11 is 0. The standard InChI is InChI=1S/C21H27F4N3O3/c22-16-4-6-18(7-5-16)31-14-20(30)28-10-8-27(9-11-28)13-19(29)26-17-3-1-2-15(12-17)21(23,24)25/h4-7,15,17H,1-3,8-14H2,(H,26,29). The highest BCUT2D eigenvalue weighted by molar-refractivity contribution is 5.79. The number of halogens is 4. The molecule has 6 nitrogen and oxygen atoms in total. The average molecular weight is 445 g/mol. The molecule has 1 saturated heterocycles. The first-order valence-electron chi connectivity index (χ1n) is 10.5. The lowest BCUT2D eigenvalue weighted by molar-refractivity contribution is -0.184. The Morgan fingerprint density at radius 1 is 1.06 bits per heavy atom. The van der Waals surface area contributed by atoms with E-state index in [1.54, 1.807) is 4.90 Å². The zero-order chi connectivity index (χ0) is 22.4. The van der Waals surface area contributed by atoms with E-state index in [4.69, 9.17) is 4.74 Å². The van der Waals surface area contributed by atoms with E-state index < -0.39 is 18.1 Å². The number of ether oxygens (including phenoxy) is 1. The summed E-state index contributed by atoms with van der Waals surface area (Å²) in [5.41, 5.74) is 0. The lowest BCUT2D eigenvalue weighted by atomic mass is 9.85. The Labute approximate surface area is 178 Å². The third-order valence-electron chi connectivity index (χ3n) is 5.77. The highest BCUT2D eigenvalue weighted by atomic mass is 19.4. The van der Waals surface area contributed by atoms with Crippen molar-refractivity contribution < 1.29 is 31.9 Å². The van der Waals surface area contributed by atoms with Crippen LogP contribution in [0.25, 0.3) is 0 Å². The third kappa shape index (κ3) is 7.09. The van der Waals surface area contributed by atoms with Crippen LogP contribution < -0.4 is 10.1 Å². The van der Waals surface area contributed by atoms with E-state index in [9.17, 15) is 27.2 Å². The van der Waals surface area contributed by atoms with Crippen molar-refractivity contribution in [3.05, 3.63) is 30.1 Å². The fraction of sp³-hybridized carbons (Fsp3) is 0.619. The molecule has 0 radical (unpaired) electrons. The average Bonchev–Trinajstić information content (AvgIpc) is 2.73. The Bertz CT molecular complexity index is 749. The van der Waals surface area contributed by atoms with E-state index in [0.717, 1.165) is 0 Å². The van der Waals surface area contributed by atoms with E-state index >= 15 is 0 Å². The van der Waals surface area contributed by atoms with E-state index in [0.29, 0.717) is 44.8 Å². The molecule has 2 fully saturated rings. The molecule has 0 spiro atoms. The second kappa shape index (κ2) is 10.3. The van der Waals surface area contributed by atoms with Crippen molar-refractivity contribution in [2.24, 2.45) is 5.92 Å². The summed E-state index contributed by atoms with van der Waals surface area (Å²) < 4.78 is 57.0. The quantitative estimate of drug-likeness (QED) is 0.684. The first kappa shape index (κ1) is 23.3. The number of nitrogens with zero attached hydrogens (tertiary/aromatic N) is 2. The molecule has 1 N–H and O–H groups in total. The van der Waals surface area contributed by atoms with Crippen molar-refractivity contribution in [2.45, 2.75) is 37.9 Å². The molecule has 1 aromatic rings. The van der Waals surface area contributed by atoms with E-state index in [-0.39, 0.29) is 43.6 Å². The van der Waals surface area contributed by atoms with Crippen molar-refractivity contribution in [1.29, 1.82) is 0 Å². The Hall–Kier alpha value is -2.36. The molecule has 0 bridgehead atoms. The molecule has 0 aromatic heterocycles. The molecule has 1 aromatic carbocycles. The number of carbonyl (C=O) groups excluding carboxylic acids is 2. The van der Waals surface area contributed by atoms with E-state index in [1.807, 2.05) is 4.90 Å². The maximum absolute atomic E-state index is 12.9. The fourth-order valence-electron chi connectivity index (χ4n) is 4.02. The van der Waals surface area contributed by atoms with Gasteiger partial charge in [0.2, 0.25) is 5.91 Å². The van der Waals surface area contributed by atoms with Crippen LogP contribution in [0.1, 0.15) is 25.7 Å². The van der Waals surface area contributed by atoms with Gasteiger partial charge in [-0.25, -0.2) is 4.39 Å². The van der Waals surface area contributed by atoms with Gasteiger partial charge in [-0.15, -0.1) is 0 Å². The van der Waals surface area contributed by atoms with Crippen LogP contribution >= 0.6 is 0 Å². The Morgan fingerprint density at radius 2 is 1.74 bits per heavy atom. The predicted octanol–water partition coefficient (Wildman–Crippen LogP) is 2.59. The number of hydrogen-bond donors (Lipinski definition) is 1. The summed E-state index contributed by atoms with van der Waals surface area (Å²) in [5.74, 6) is -1.82. The molecule has 2 atom stereocenters. The third-order valence-corrected chi connectivity index (χ3v) is 5.77. The van der Waals surface area contributed by atoms with Crippen LogP contribution in [0.5, 0.6) is 5.75 Å². The molecule has 2 aliphatic rings. The minimum Gasteiger partial charge on any atom is -0.484 e. The summed E-state index contributed by atoms with van der Waals surface area (Å²) in [4.78, 5) is 28.1. The number of piperazine rings is 1. The number of hydrogen-bond acceptors (Lipinski definition) is 4. The molecule has 1 aliphatic carbocycles. The van der Waals surface area contributed by atoms with Gasteiger partial charge in [0, 0.05) is 32.2 Å². The zero-order valence-electron chi connectivity index (χ0n) is 17.2. The number of alkyl halides is 3. The van der Waals surface area contributed by atoms with Crippen LogP contribution in [0.3, 0.4) is 0 Å². The van der Waals surface area contributed by atoms with Crippen molar-refractivity contribution in [3.8, 4) is 5.75 Å². The number of amides is 2. The van der Waals surface area contributed by atoms with Crippen LogP contribution in [0.15, 0.2) is 24.3 Å². The van der Waals surface area contributed by atoms with Crippen LogP contribution in [0.4, 0.5) is 17.6 Å². The smallest absolute Gasteiger partial charge is 0.391 e. The van der Waals surface area contributed by atoms with Crippen LogP contribution in [0.2, 0.25) is 0 Å². The monoisotopic (exact) mass is 445 g/mol. The maximum atomic E-state index is 12.9. The Kier molecular flexibility index (Phi) is 7.74. The normalized spacial score (nSPS) is 22.8. The molecular weight excluding hydrogens is 418 g/mol. The molecule has 3 rings (SSSR count). The minimum absolute atomic E-state index is 0.0639. The SMILES string of the molecule is O=C(CN1CCN(C(=O)COc2ccc(F)cc2)CC1)NC1CCCC(C(F)(F)F)C1. The number of nitrogens with one attached hydrogen (secondary N) is 1. The summed E-state index contributed by atoms with van der Waals surface area (Å²) in [6, 6.07) is 4.95. The first-order chi connectivity index (χ1) is 14.7. The van der Waals surface area contributed by atoms with Gasteiger partial charge in [-0.05, 0) is 43.5 Å². The van der Waals surface area contributed by atoms with Gasteiger partial charge < -0.3 is 15.0 Å². The summed E-state index contributed by atoms with van der Waals surface area (Å²) in [5, 5.41) is 2.74. The lowest BCUT2D eigenvalue weighted by Crippen LogP contribution is -2.53. The fourth-order valence-corrected chi connectivity index (χ4v) is 4.02. The zero-order valence-corrected chi connectivity index (χ0v) is 17.2. The van der Waals surface area contributed by atoms with Crippen molar-refractivity contribution in [2.75, 3.05) is 39.3 Å². The Morgan fingerprint density at radius 3 is 2.39 bits per heavy atom. The topological polar surface area (TPSA) is 61.9 Å². The molecular formula is C21H27F4N3O3. The first-order valence-corrected chi connectivity index (χ1v) is 10.5. The van der Waals surface area contributed by atoms with Gasteiger partial charge in [-0.1, -0.05) is 6.42 Å². The molecule has 1 heterocycles. The van der Waals surface area contributed by atoms with Gasteiger partial charge >= 0.3 is 6.18 Å². The van der Waals surface area contributed by atoms with Crippen LogP contribution in [0, 0.1) is 11.7 Å². The molecule has 31 heavy (non-hydrogen) atoms. The predicted molar refractivity (Wildman–Crippen MR) is 105 cm³/mol. The molecule has 172 valence electrons. The van der Waals surface area contributed by atoms with Gasteiger partial charge in [0.05, 0.1) is 12.5 Å². The number of benzene rings is 1. The maximum Gasteiger partial charge on any atom is 0.391 e. The molecule has 2 unspecified atom stereocenters. The van der Waals surface area contributed by atoms with Gasteiger partial charge in [0.25, 0.3) is 5.91 Å². The van der Waals surface area contributed by atoms with Gasteiger partial charge in [-0.2, -0.15) is 13.2 Å². The molecule has 10 heteroatoms. The van der Waals surface area contributed by atoms with Gasteiger partial charge in [-0.3, -0.25) is 14.5 Å². The van der Waals surface area contributed by atoms with E-state index in [1.165, 1.54) is 24.3 Å². The largest absolute Gasteiger partial charge is 0.484 e. The highest BCUT2D eigenvalue weighted by Gasteiger charge is 2.42. The summed E-state index contributed by atoms with van der Waals surface area (Å²) in [6.45, 7) is 1.78. The van der Waals surface area contributed by atoms with Gasteiger partial charge in [0.15, 0.2) is 6.61 Å². The molecule has 1 saturated carbocycles.